The van der Waals surface area contributed by atoms with E-state index in [-0.39, 0.29) is 0 Å². The highest BCUT2D eigenvalue weighted by Crippen LogP contribution is 2.09. The molecule has 1 amide bonds. The van der Waals surface area contributed by atoms with Gasteiger partial charge in [-0.2, -0.15) is 15.1 Å². The van der Waals surface area contributed by atoms with Crippen LogP contribution >= 0.6 is 0 Å². The van der Waals surface area contributed by atoms with Crippen molar-refractivity contribution >= 4 is 6.09 Å². The fourth-order valence-electron chi connectivity index (χ4n) is 1.83. The number of hydrogen-bond acceptors (Lipinski definition) is 4. The maximum Gasteiger partial charge on any atom is 0.439 e. The number of hydrogen-bond donors (Lipinski definition) is 0. The third-order valence-corrected chi connectivity index (χ3v) is 2.78. The van der Waals surface area contributed by atoms with Crippen LogP contribution in [0.1, 0.15) is 19.8 Å². The van der Waals surface area contributed by atoms with Crippen LogP contribution in [0.5, 0.6) is 0 Å². The Labute approximate surface area is 134 Å². The van der Waals surface area contributed by atoms with Crippen LogP contribution in [0.4, 0.5) is 4.79 Å². The average molecular weight is 307 g/mol. The van der Waals surface area contributed by atoms with Crippen molar-refractivity contribution in [1.29, 1.82) is 0 Å². The summed E-state index contributed by atoms with van der Waals surface area (Å²) in [7, 11) is 0. The highest BCUT2D eigenvalue weighted by molar-refractivity contribution is 5.66. The van der Waals surface area contributed by atoms with E-state index < -0.39 is 6.09 Å². The molecular weight excluding hydrogens is 278 g/mol. The molecule has 0 saturated heterocycles. The monoisotopic (exact) mass is 307 g/mol. The lowest BCUT2D eigenvalue weighted by Crippen LogP contribution is -2.56. The van der Waals surface area contributed by atoms with Gasteiger partial charge in [-0.3, -0.25) is 0 Å². The van der Waals surface area contributed by atoms with Crippen LogP contribution in [-0.4, -0.2) is 54.0 Å². The molecule has 0 aliphatic heterocycles. The van der Waals surface area contributed by atoms with Gasteiger partial charge in [-0.05, 0) is 6.42 Å². The first-order valence-electron chi connectivity index (χ1n) is 7.56. The van der Waals surface area contributed by atoms with E-state index in [1.807, 2.05) is 0 Å². The number of rotatable bonds is 13. The van der Waals surface area contributed by atoms with Crippen molar-refractivity contribution in [2.45, 2.75) is 19.8 Å². The van der Waals surface area contributed by atoms with Crippen LogP contribution in [0.2, 0.25) is 0 Å². The summed E-state index contributed by atoms with van der Waals surface area (Å²) in [5, 5.41) is 5.10. The number of amides is 1. The molecule has 0 aromatic heterocycles. The summed E-state index contributed by atoms with van der Waals surface area (Å²) < 4.78 is 5.36. The lowest BCUT2D eigenvalue weighted by molar-refractivity contribution is -0.141. The van der Waals surface area contributed by atoms with E-state index >= 15 is 0 Å². The molecule has 0 spiro atoms. The summed E-state index contributed by atoms with van der Waals surface area (Å²) in [4.78, 5) is 12.5. The number of carbonyl (C=O) groups excluding carboxylic acids is 1. The molecule has 0 heterocycles. The molecule has 0 rings (SSSR count). The van der Waals surface area contributed by atoms with E-state index in [0.29, 0.717) is 32.8 Å². The summed E-state index contributed by atoms with van der Waals surface area (Å²) in [6.45, 7) is 19.4. The first-order chi connectivity index (χ1) is 10.7. The standard InChI is InChI=1S/C17H29N3O2/c1-6-11-16-22-17(21)20(18(12-7-2)13-8-3)19(14-9-4)15-10-5/h7-10H,2-6,11-16H2,1H3. The molecule has 5 nitrogen and oxygen atoms in total. The van der Waals surface area contributed by atoms with Crippen LogP contribution in [0.25, 0.3) is 0 Å². The molecular formula is C17H29N3O2. The normalized spacial score (nSPS) is 10.3. The second-order valence-corrected chi connectivity index (χ2v) is 4.66. The summed E-state index contributed by atoms with van der Waals surface area (Å²) >= 11 is 0. The van der Waals surface area contributed by atoms with Gasteiger partial charge in [0, 0.05) is 26.2 Å². The lowest BCUT2D eigenvalue weighted by atomic mass is 10.4. The number of unbranched alkanes of at least 4 members (excludes halogenated alkanes) is 1. The predicted molar refractivity (Wildman–Crippen MR) is 92.0 cm³/mol. The SMILES string of the molecule is C=CCN(CC=C)N(C(=O)OCCCC)N(CC=C)CC=C. The van der Waals surface area contributed by atoms with Crippen LogP contribution in [0.3, 0.4) is 0 Å². The molecule has 0 aliphatic rings. The van der Waals surface area contributed by atoms with Gasteiger partial charge in [0.1, 0.15) is 0 Å². The van der Waals surface area contributed by atoms with Crippen LogP contribution in [0, 0.1) is 0 Å². The van der Waals surface area contributed by atoms with Gasteiger partial charge in [0.05, 0.1) is 6.61 Å². The van der Waals surface area contributed by atoms with Crippen molar-refractivity contribution in [1.82, 2.24) is 15.1 Å². The van der Waals surface area contributed by atoms with E-state index in [1.165, 1.54) is 5.12 Å². The smallest absolute Gasteiger partial charge is 0.439 e. The van der Waals surface area contributed by atoms with Crippen molar-refractivity contribution in [2.24, 2.45) is 0 Å². The van der Waals surface area contributed by atoms with Gasteiger partial charge < -0.3 is 4.74 Å². The Bertz CT molecular complexity index is 325. The maximum atomic E-state index is 12.5. The Hall–Kier alpha value is -1.85. The molecule has 22 heavy (non-hydrogen) atoms. The molecule has 0 fully saturated rings. The Morgan fingerprint density at radius 1 is 0.909 bits per heavy atom. The van der Waals surface area contributed by atoms with Crippen LogP contribution in [-0.2, 0) is 4.74 Å². The van der Waals surface area contributed by atoms with Crippen molar-refractivity contribution in [3.8, 4) is 0 Å². The number of hydrazine groups is 2. The first-order valence-corrected chi connectivity index (χ1v) is 7.56. The van der Waals surface area contributed by atoms with Gasteiger partial charge in [-0.15, -0.1) is 26.3 Å². The fourth-order valence-corrected chi connectivity index (χ4v) is 1.83. The Morgan fingerprint density at radius 3 is 1.64 bits per heavy atom. The first kappa shape index (κ1) is 20.1. The molecule has 0 aromatic carbocycles. The summed E-state index contributed by atoms with van der Waals surface area (Å²) in [5.41, 5.74) is 0. The minimum Gasteiger partial charge on any atom is -0.447 e. The molecule has 0 saturated carbocycles. The Balaban J connectivity index is 5.24. The van der Waals surface area contributed by atoms with Gasteiger partial charge in [-0.1, -0.05) is 37.6 Å². The molecule has 0 aliphatic carbocycles. The summed E-state index contributed by atoms with van der Waals surface area (Å²) in [6, 6.07) is 0. The minimum absolute atomic E-state index is 0.401. The third-order valence-electron chi connectivity index (χ3n) is 2.78. The molecule has 0 atom stereocenters. The zero-order valence-electron chi connectivity index (χ0n) is 13.7. The van der Waals surface area contributed by atoms with E-state index in [9.17, 15) is 4.79 Å². The van der Waals surface area contributed by atoms with Crippen molar-refractivity contribution < 1.29 is 9.53 Å². The van der Waals surface area contributed by atoms with Gasteiger partial charge in [0.25, 0.3) is 0 Å². The van der Waals surface area contributed by atoms with Gasteiger partial charge in [-0.25, -0.2) is 4.79 Å². The van der Waals surface area contributed by atoms with E-state index in [0.717, 1.165) is 12.8 Å². The van der Waals surface area contributed by atoms with Crippen molar-refractivity contribution in [3.63, 3.8) is 0 Å². The average Bonchev–Trinajstić information content (AvgIpc) is 2.48. The van der Waals surface area contributed by atoms with Crippen molar-refractivity contribution in [3.05, 3.63) is 50.6 Å². The fraction of sp³-hybridized carbons (Fsp3) is 0.471. The minimum atomic E-state index is -0.416. The molecule has 124 valence electrons. The predicted octanol–water partition coefficient (Wildman–Crippen LogP) is 3.40. The van der Waals surface area contributed by atoms with E-state index in [1.54, 1.807) is 34.3 Å². The maximum absolute atomic E-state index is 12.5. The quantitative estimate of drug-likeness (QED) is 0.297. The van der Waals surface area contributed by atoms with Crippen LogP contribution < -0.4 is 0 Å². The highest BCUT2D eigenvalue weighted by atomic mass is 16.6. The van der Waals surface area contributed by atoms with Gasteiger partial charge in [0.2, 0.25) is 0 Å². The highest BCUT2D eigenvalue weighted by Gasteiger charge is 2.27. The second-order valence-electron chi connectivity index (χ2n) is 4.66. The van der Waals surface area contributed by atoms with Crippen LogP contribution in [0.15, 0.2) is 50.6 Å². The third kappa shape index (κ3) is 7.24. The zero-order valence-corrected chi connectivity index (χ0v) is 13.7. The number of nitrogens with zero attached hydrogens (tertiary/aromatic N) is 3. The topological polar surface area (TPSA) is 36.0 Å². The Kier molecular flexibility index (Phi) is 11.8. The summed E-state index contributed by atoms with van der Waals surface area (Å²) in [6.07, 6.45) is 8.32. The molecule has 0 aromatic rings. The van der Waals surface area contributed by atoms with Gasteiger partial charge in [0.15, 0.2) is 0 Å². The molecule has 0 radical (unpaired) electrons. The number of ether oxygens (including phenoxy) is 1. The Morgan fingerprint density at radius 2 is 1.32 bits per heavy atom. The largest absolute Gasteiger partial charge is 0.447 e. The van der Waals surface area contributed by atoms with Crippen molar-refractivity contribution in [2.75, 3.05) is 32.8 Å². The van der Waals surface area contributed by atoms with E-state index in [4.69, 9.17) is 4.74 Å². The molecule has 0 N–H and O–H groups in total. The van der Waals surface area contributed by atoms with E-state index in [2.05, 4.69) is 33.2 Å². The summed E-state index contributed by atoms with van der Waals surface area (Å²) in [5.74, 6) is 0. The molecule has 0 unspecified atom stereocenters. The zero-order chi connectivity index (χ0) is 16.8. The molecule has 5 heteroatoms. The second kappa shape index (κ2) is 12.9. The lowest BCUT2D eigenvalue weighted by Gasteiger charge is -2.39. The number of carbonyl (C=O) groups is 1. The van der Waals surface area contributed by atoms with Gasteiger partial charge >= 0.3 is 6.09 Å². The molecule has 0 bridgehead atoms.